The monoisotopic (exact) mass is 344 g/mol. The van der Waals surface area contributed by atoms with Crippen molar-refractivity contribution in [3.05, 3.63) is 28.0 Å². The van der Waals surface area contributed by atoms with E-state index in [1.165, 1.54) is 4.68 Å². The zero-order valence-corrected chi connectivity index (χ0v) is 12.1. The molecule has 4 nitrogen and oxygen atoms in total. The van der Waals surface area contributed by atoms with Crippen molar-refractivity contribution in [2.75, 3.05) is 0 Å². The van der Waals surface area contributed by atoms with Gasteiger partial charge in [0.1, 0.15) is 5.60 Å². The highest BCUT2D eigenvalue weighted by Crippen LogP contribution is 2.18. The van der Waals surface area contributed by atoms with Crippen LogP contribution in [-0.4, -0.2) is 21.5 Å². The van der Waals surface area contributed by atoms with Gasteiger partial charge in [0, 0.05) is 8.96 Å². The Bertz CT molecular complexity index is 569. The molecule has 0 fully saturated rings. The second-order valence-corrected chi connectivity index (χ2v) is 5.99. The van der Waals surface area contributed by atoms with Gasteiger partial charge < -0.3 is 4.74 Å². The predicted molar refractivity (Wildman–Crippen MR) is 74.1 cm³/mol. The third-order valence-corrected chi connectivity index (χ3v) is 2.77. The summed E-state index contributed by atoms with van der Waals surface area (Å²) in [5, 5.41) is 4.99. The van der Waals surface area contributed by atoms with Crippen LogP contribution >= 0.6 is 22.6 Å². The first-order chi connectivity index (χ1) is 7.87. The average Bonchev–Trinajstić information content (AvgIpc) is 2.57. The molecule has 0 spiro atoms. The summed E-state index contributed by atoms with van der Waals surface area (Å²) in [6.07, 6.45) is 1.21. The van der Waals surface area contributed by atoms with Gasteiger partial charge in [0.2, 0.25) is 0 Å². The largest absolute Gasteiger partial charge is 0.442 e. The first kappa shape index (κ1) is 12.3. The van der Waals surface area contributed by atoms with E-state index < -0.39 is 11.7 Å². The molecule has 1 aromatic heterocycles. The third-order valence-electron chi connectivity index (χ3n) is 2.10. The van der Waals surface area contributed by atoms with Crippen molar-refractivity contribution in [2.45, 2.75) is 26.4 Å². The second kappa shape index (κ2) is 4.29. The van der Waals surface area contributed by atoms with Crippen LogP contribution in [0.25, 0.3) is 10.9 Å². The molecule has 0 atom stereocenters. The second-order valence-electron chi connectivity index (χ2n) is 4.74. The fourth-order valence-electron chi connectivity index (χ4n) is 1.44. The van der Waals surface area contributed by atoms with E-state index in [9.17, 15) is 4.79 Å². The number of benzene rings is 1. The topological polar surface area (TPSA) is 44.1 Å². The van der Waals surface area contributed by atoms with Gasteiger partial charge >= 0.3 is 6.09 Å². The van der Waals surface area contributed by atoms with Crippen molar-refractivity contribution in [1.82, 2.24) is 9.78 Å². The molecule has 90 valence electrons. The number of aromatic nitrogens is 2. The van der Waals surface area contributed by atoms with Crippen molar-refractivity contribution in [1.29, 1.82) is 0 Å². The van der Waals surface area contributed by atoms with E-state index in [2.05, 4.69) is 27.7 Å². The number of rotatable bonds is 0. The fourth-order valence-corrected chi connectivity index (χ4v) is 1.92. The van der Waals surface area contributed by atoms with Gasteiger partial charge in [0.25, 0.3) is 0 Å². The number of hydrogen-bond donors (Lipinski definition) is 0. The Morgan fingerprint density at radius 3 is 2.76 bits per heavy atom. The number of fused-ring (bicyclic) bond motifs is 1. The Balaban J connectivity index is 2.42. The molecule has 0 saturated heterocycles. The van der Waals surface area contributed by atoms with E-state index in [0.717, 1.165) is 14.5 Å². The normalized spacial score (nSPS) is 11.8. The van der Waals surface area contributed by atoms with Crippen molar-refractivity contribution < 1.29 is 9.53 Å². The molecule has 17 heavy (non-hydrogen) atoms. The zero-order valence-electron chi connectivity index (χ0n) is 9.90. The van der Waals surface area contributed by atoms with Crippen LogP contribution in [0.3, 0.4) is 0 Å². The first-order valence-corrected chi connectivity index (χ1v) is 6.31. The number of carbonyl (C=O) groups is 1. The van der Waals surface area contributed by atoms with E-state index in [1.54, 1.807) is 6.20 Å². The summed E-state index contributed by atoms with van der Waals surface area (Å²) < 4.78 is 7.64. The molecule has 1 aromatic carbocycles. The SMILES string of the molecule is CC(C)(C)OC(=O)n1ncc2ccc(I)cc21. The summed E-state index contributed by atoms with van der Waals surface area (Å²) in [5.74, 6) is 0. The molecule has 1 heterocycles. The summed E-state index contributed by atoms with van der Waals surface area (Å²) in [7, 11) is 0. The minimum atomic E-state index is -0.517. The zero-order chi connectivity index (χ0) is 12.6. The summed E-state index contributed by atoms with van der Waals surface area (Å²) in [6.45, 7) is 5.50. The van der Waals surface area contributed by atoms with Crippen LogP contribution in [0.1, 0.15) is 20.8 Å². The number of nitrogens with zero attached hydrogens (tertiary/aromatic N) is 2. The van der Waals surface area contributed by atoms with Crippen molar-refractivity contribution in [3.63, 3.8) is 0 Å². The lowest BCUT2D eigenvalue weighted by Crippen LogP contribution is -2.27. The van der Waals surface area contributed by atoms with Gasteiger partial charge in [-0.25, -0.2) is 4.79 Å². The van der Waals surface area contributed by atoms with E-state index in [1.807, 2.05) is 39.0 Å². The predicted octanol–water partition coefficient (Wildman–Crippen LogP) is 3.42. The van der Waals surface area contributed by atoms with Crippen LogP contribution in [0.4, 0.5) is 4.79 Å². The molecule has 0 radical (unpaired) electrons. The lowest BCUT2D eigenvalue weighted by Gasteiger charge is -2.19. The van der Waals surface area contributed by atoms with Gasteiger partial charge in [0.15, 0.2) is 0 Å². The molecule has 0 saturated carbocycles. The van der Waals surface area contributed by atoms with Crippen LogP contribution in [-0.2, 0) is 4.74 Å². The van der Waals surface area contributed by atoms with E-state index in [-0.39, 0.29) is 0 Å². The molecule has 0 bridgehead atoms. The fraction of sp³-hybridized carbons (Fsp3) is 0.333. The van der Waals surface area contributed by atoms with Crippen molar-refractivity contribution in [2.24, 2.45) is 0 Å². The van der Waals surface area contributed by atoms with Gasteiger partial charge in [-0.05, 0) is 55.5 Å². The molecule has 0 unspecified atom stereocenters. The van der Waals surface area contributed by atoms with Gasteiger partial charge in [-0.15, -0.1) is 0 Å². The summed E-state index contributed by atoms with van der Waals surface area (Å²) in [5.41, 5.74) is 0.253. The Morgan fingerprint density at radius 2 is 2.12 bits per heavy atom. The Labute approximate surface area is 113 Å². The van der Waals surface area contributed by atoms with Crippen LogP contribution in [0.5, 0.6) is 0 Å². The standard InChI is InChI=1S/C12H13IN2O2/c1-12(2,3)17-11(16)15-10-6-9(13)5-4-8(10)7-14-15/h4-7H,1-3H3. The highest BCUT2D eigenvalue weighted by atomic mass is 127. The molecule has 2 rings (SSSR count). The maximum Gasteiger partial charge on any atom is 0.435 e. The third kappa shape index (κ3) is 2.77. The lowest BCUT2D eigenvalue weighted by molar-refractivity contribution is 0.0523. The number of ether oxygens (including phenoxy) is 1. The van der Waals surface area contributed by atoms with Crippen LogP contribution < -0.4 is 0 Å². The molecular weight excluding hydrogens is 331 g/mol. The summed E-state index contributed by atoms with van der Waals surface area (Å²) in [6, 6.07) is 5.82. The molecule has 0 amide bonds. The first-order valence-electron chi connectivity index (χ1n) is 5.23. The summed E-state index contributed by atoms with van der Waals surface area (Å²) in [4.78, 5) is 11.9. The van der Waals surface area contributed by atoms with Crippen LogP contribution in [0.15, 0.2) is 24.4 Å². The molecule has 2 aromatic rings. The Kier molecular flexibility index (Phi) is 3.11. The van der Waals surface area contributed by atoms with E-state index in [4.69, 9.17) is 4.74 Å². The molecular formula is C12H13IN2O2. The van der Waals surface area contributed by atoms with Crippen molar-refractivity contribution >= 4 is 39.6 Å². The average molecular weight is 344 g/mol. The smallest absolute Gasteiger partial charge is 0.435 e. The molecule has 0 aliphatic heterocycles. The maximum atomic E-state index is 11.9. The minimum absolute atomic E-state index is 0.450. The Morgan fingerprint density at radius 1 is 1.41 bits per heavy atom. The van der Waals surface area contributed by atoms with E-state index >= 15 is 0 Å². The van der Waals surface area contributed by atoms with E-state index in [0.29, 0.717) is 0 Å². The summed E-state index contributed by atoms with van der Waals surface area (Å²) >= 11 is 2.20. The number of carbonyl (C=O) groups excluding carboxylic acids is 1. The highest BCUT2D eigenvalue weighted by Gasteiger charge is 2.19. The van der Waals surface area contributed by atoms with Gasteiger partial charge in [0.05, 0.1) is 11.7 Å². The molecule has 5 heteroatoms. The number of halogens is 1. The molecule has 0 aliphatic rings. The maximum absolute atomic E-state index is 11.9. The lowest BCUT2D eigenvalue weighted by atomic mass is 10.2. The quantitative estimate of drug-likeness (QED) is 0.688. The van der Waals surface area contributed by atoms with Crippen LogP contribution in [0, 0.1) is 3.57 Å². The molecule has 0 aliphatic carbocycles. The van der Waals surface area contributed by atoms with Gasteiger partial charge in [-0.3, -0.25) is 0 Å². The molecule has 0 N–H and O–H groups in total. The minimum Gasteiger partial charge on any atom is -0.442 e. The van der Waals surface area contributed by atoms with Crippen LogP contribution in [0.2, 0.25) is 0 Å². The highest BCUT2D eigenvalue weighted by molar-refractivity contribution is 14.1. The number of hydrogen-bond acceptors (Lipinski definition) is 3. The van der Waals surface area contributed by atoms with Gasteiger partial charge in [-0.2, -0.15) is 9.78 Å². The Hall–Kier alpha value is -1.11. The van der Waals surface area contributed by atoms with Crippen molar-refractivity contribution in [3.8, 4) is 0 Å². The van der Waals surface area contributed by atoms with Gasteiger partial charge in [-0.1, -0.05) is 6.07 Å².